The second-order valence-electron chi connectivity index (χ2n) is 6.31. The molecule has 6 nitrogen and oxygen atoms in total. The Bertz CT molecular complexity index is 524. The van der Waals surface area contributed by atoms with Crippen molar-refractivity contribution in [2.75, 3.05) is 37.7 Å². The van der Waals surface area contributed by atoms with Crippen LogP contribution in [0.15, 0.2) is 31.0 Å². The van der Waals surface area contributed by atoms with Gasteiger partial charge in [-0.05, 0) is 30.4 Å². The molecule has 1 fully saturated rings. The highest BCUT2D eigenvalue weighted by Crippen LogP contribution is 2.21. The molecule has 1 aliphatic heterocycles. The van der Waals surface area contributed by atoms with Crippen molar-refractivity contribution in [3.05, 3.63) is 36.5 Å². The predicted molar refractivity (Wildman–Crippen MR) is 95.9 cm³/mol. The molecule has 2 N–H and O–H groups in total. The molecule has 2 amide bonds. The van der Waals surface area contributed by atoms with Gasteiger partial charge in [0.2, 0.25) is 0 Å². The van der Waals surface area contributed by atoms with Gasteiger partial charge in [0.1, 0.15) is 5.82 Å². The van der Waals surface area contributed by atoms with Crippen molar-refractivity contribution in [1.29, 1.82) is 0 Å². The van der Waals surface area contributed by atoms with Gasteiger partial charge in [-0.25, -0.2) is 9.78 Å². The maximum atomic E-state index is 12.1. The topological polar surface area (TPSA) is 68.7 Å². The summed E-state index contributed by atoms with van der Waals surface area (Å²) in [5.74, 6) is 1.80. The molecule has 2 heterocycles. The summed E-state index contributed by atoms with van der Waals surface area (Å²) in [6, 6.07) is 3.81. The summed E-state index contributed by atoms with van der Waals surface area (Å²) in [6.45, 7) is 9.10. The summed E-state index contributed by atoms with van der Waals surface area (Å²) in [5.41, 5.74) is 0.958. The first-order chi connectivity index (χ1) is 11.6. The molecule has 132 valence electrons. The summed E-state index contributed by atoms with van der Waals surface area (Å²) in [7, 11) is 0. The predicted octanol–water partition coefficient (Wildman–Crippen LogP) is 2.01. The van der Waals surface area contributed by atoms with Crippen LogP contribution in [0, 0.1) is 5.92 Å². The number of aromatic nitrogens is 1. The van der Waals surface area contributed by atoms with Gasteiger partial charge in [-0.3, -0.25) is 0 Å². The van der Waals surface area contributed by atoms with E-state index < -0.39 is 0 Å². The first-order valence-electron chi connectivity index (χ1n) is 8.58. The quantitative estimate of drug-likeness (QED) is 0.750. The lowest BCUT2D eigenvalue weighted by atomic mass is 9.99. The number of amides is 2. The zero-order valence-corrected chi connectivity index (χ0v) is 14.4. The van der Waals surface area contributed by atoms with E-state index in [2.05, 4.69) is 28.7 Å². The van der Waals surface area contributed by atoms with E-state index in [1.54, 1.807) is 6.08 Å². The molecule has 1 saturated heterocycles. The van der Waals surface area contributed by atoms with Crippen LogP contribution in [0.2, 0.25) is 0 Å². The summed E-state index contributed by atoms with van der Waals surface area (Å²) >= 11 is 0. The summed E-state index contributed by atoms with van der Waals surface area (Å²) in [5, 5.41) is 11.8. The van der Waals surface area contributed by atoms with Crippen molar-refractivity contribution in [2.24, 2.45) is 5.92 Å². The molecule has 0 radical (unpaired) electrons. The van der Waals surface area contributed by atoms with Crippen LogP contribution in [0.5, 0.6) is 0 Å². The average Bonchev–Trinajstić information content (AvgIpc) is 2.61. The molecule has 0 spiro atoms. The molecule has 1 aliphatic rings. The number of aliphatic hydroxyl groups excluding tert-OH is 1. The van der Waals surface area contributed by atoms with Crippen molar-refractivity contribution < 1.29 is 9.90 Å². The van der Waals surface area contributed by atoms with E-state index in [0.29, 0.717) is 19.6 Å². The van der Waals surface area contributed by atoms with Gasteiger partial charge < -0.3 is 20.2 Å². The zero-order chi connectivity index (χ0) is 17.4. The average molecular weight is 332 g/mol. The molecule has 0 bridgehead atoms. The van der Waals surface area contributed by atoms with E-state index in [-0.39, 0.29) is 12.6 Å². The normalized spacial score (nSPS) is 15.2. The van der Waals surface area contributed by atoms with Crippen molar-refractivity contribution in [2.45, 2.75) is 26.3 Å². The van der Waals surface area contributed by atoms with E-state index in [9.17, 15) is 4.79 Å². The Labute approximate surface area is 144 Å². The minimum atomic E-state index is -0.210. The molecular weight excluding hydrogens is 304 g/mol. The summed E-state index contributed by atoms with van der Waals surface area (Å²) < 4.78 is 0. The number of nitrogens with one attached hydrogen (secondary N) is 1. The first-order valence-corrected chi connectivity index (χ1v) is 8.58. The van der Waals surface area contributed by atoms with Gasteiger partial charge in [-0.15, -0.1) is 6.58 Å². The van der Waals surface area contributed by atoms with Gasteiger partial charge in [0.25, 0.3) is 0 Å². The van der Waals surface area contributed by atoms with E-state index in [1.165, 1.54) is 17.7 Å². The molecular formula is C18H28N4O2. The lowest BCUT2D eigenvalue weighted by Gasteiger charge is -2.31. The number of anilines is 1. The number of piperidine rings is 1. The third-order valence-electron chi connectivity index (χ3n) is 4.37. The first kappa shape index (κ1) is 18.3. The fourth-order valence-corrected chi connectivity index (χ4v) is 2.79. The van der Waals surface area contributed by atoms with Crippen LogP contribution >= 0.6 is 0 Å². The van der Waals surface area contributed by atoms with Crippen LogP contribution < -0.4 is 10.2 Å². The molecule has 0 saturated carbocycles. The number of pyridine rings is 1. The Kier molecular flexibility index (Phi) is 7.06. The molecule has 0 aliphatic carbocycles. The lowest BCUT2D eigenvalue weighted by molar-refractivity contribution is 0.183. The number of urea groups is 1. The van der Waals surface area contributed by atoms with E-state index in [1.807, 2.05) is 18.3 Å². The third-order valence-corrected chi connectivity index (χ3v) is 4.37. The Hall–Kier alpha value is -2.08. The second-order valence-corrected chi connectivity index (χ2v) is 6.31. The smallest absolute Gasteiger partial charge is 0.318 e. The molecule has 2 rings (SSSR count). The van der Waals surface area contributed by atoms with Crippen LogP contribution in [0.3, 0.4) is 0 Å². The summed E-state index contributed by atoms with van der Waals surface area (Å²) in [4.78, 5) is 20.4. The van der Waals surface area contributed by atoms with Gasteiger partial charge >= 0.3 is 6.03 Å². The zero-order valence-electron chi connectivity index (χ0n) is 14.4. The standard InChI is InChI=1S/C18H28N4O2/c1-3-8-22(11-12-23)18(24)20-14-16-4-5-17(19-13-16)21-9-6-15(2)7-10-21/h3-5,13,15,23H,1,6-12,14H2,2H3,(H,20,24). The van der Waals surface area contributed by atoms with Crippen molar-refractivity contribution in [1.82, 2.24) is 15.2 Å². The van der Waals surface area contributed by atoms with E-state index in [0.717, 1.165) is 30.4 Å². The number of carbonyl (C=O) groups is 1. The molecule has 0 atom stereocenters. The Morgan fingerprint density at radius 3 is 2.83 bits per heavy atom. The van der Waals surface area contributed by atoms with E-state index >= 15 is 0 Å². The molecule has 1 aromatic rings. The van der Waals surface area contributed by atoms with E-state index in [4.69, 9.17) is 5.11 Å². The van der Waals surface area contributed by atoms with Crippen LogP contribution in [-0.2, 0) is 6.54 Å². The maximum absolute atomic E-state index is 12.1. The third kappa shape index (κ3) is 5.23. The fraction of sp³-hybridized carbons (Fsp3) is 0.556. The van der Waals surface area contributed by atoms with Crippen molar-refractivity contribution in [3.8, 4) is 0 Å². The number of nitrogens with zero attached hydrogens (tertiary/aromatic N) is 3. The molecule has 6 heteroatoms. The van der Waals surface area contributed by atoms with Gasteiger partial charge in [-0.2, -0.15) is 0 Å². The number of rotatable bonds is 7. The largest absolute Gasteiger partial charge is 0.395 e. The van der Waals surface area contributed by atoms with Crippen molar-refractivity contribution >= 4 is 11.8 Å². The Balaban J connectivity index is 1.85. The molecule has 0 unspecified atom stereocenters. The van der Waals surface area contributed by atoms with Crippen molar-refractivity contribution in [3.63, 3.8) is 0 Å². The Morgan fingerprint density at radius 1 is 1.50 bits per heavy atom. The van der Waals surface area contributed by atoms with Crippen LogP contribution in [-0.4, -0.2) is 53.8 Å². The van der Waals surface area contributed by atoms with Gasteiger partial charge in [0.15, 0.2) is 0 Å². The van der Waals surface area contributed by atoms with Gasteiger partial charge in [-0.1, -0.05) is 19.1 Å². The monoisotopic (exact) mass is 332 g/mol. The Morgan fingerprint density at radius 2 is 2.25 bits per heavy atom. The van der Waals surface area contributed by atoms with Crippen LogP contribution in [0.25, 0.3) is 0 Å². The van der Waals surface area contributed by atoms with Crippen LogP contribution in [0.1, 0.15) is 25.3 Å². The maximum Gasteiger partial charge on any atom is 0.318 e. The minimum Gasteiger partial charge on any atom is -0.395 e. The molecule has 0 aromatic carbocycles. The summed E-state index contributed by atoms with van der Waals surface area (Å²) in [6.07, 6.45) is 5.88. The highest BCUT2D eigenvalue weighted by molar-refractivity contribution is 5.74. The van der Waals surface area contributed by atoms with Crippen LogP contribution in [0.4, 0.5) is 10.6 Å². The highest BCUT2D eigenvalue weighted by atomic mass is 16.3. The van der Waals surface area contributed by atoms with Gasteiger partial charge in [0, 0.05) is 38.9 Å². The SMILES string of the molecule is C=CCN(CCO)C(=O)NCc1ccc(N2CCC(C)CC2)nc1. The number of hydrogen-bond donors (Lipinski definition) is 2. The number of aliphatic hydroxyl groups is 1. The number of hydrogen-bond acceptors (Lipinski definition) is 4. The lowest BCUT2D eigenvalue weighted by Crippen LogP contribution is -2.41. The van der Waals surface area contributed by atoms with Gasteiger partial charge in [0.05, 0.1) is 6.61 Å². The minimum absolute atomic E-state index is 0.0635. The second kappa shape index (κ2) is 9.27. The highest BCUT2D eigenvalue weighted by Gasteiger charge is 2.17. The number of carbonyl (C=O) groups excluding carboxylic acids is 1. The fourth-order valence-electron chi connectivity index (χ4n) is 2.79. The molecule has 24 heavy (non-hydrogen) atoms. The molecule has 1 aromatic heterocycles.